The van der Waals surface area contributed by atoms with Crippen molar-refractivity contribution in [3.63, 3.8) is 0 Å². The first kappa shape index (κ1) is 18.9. The molecule has 2 aromatic rings. The van der Waals surface area contributed by atoms with Crippen molar-refractivity contribution < 1.29 is 9.53 Å². The van der Waals surface area contributed by atoms with Crippen molar-refractivity contribution in [3.8, 4) is 5.75 Å². The summed E-state index contributed by atoms with van der Waals surface area (Å²) in [5.41, 5.74) is 4.00. The van der Waals surface area contributed by atoms with Crippen LogP contribution in [-0.2, 0) is 5.41 Å². The molecule has 2 N–H and O–H groups in total. The Kier molecular flexibility index (Phi) is 5.07. The first-order valence-corrected chi connectivity index (χ1v) is 10.1. The summed E-state index contributed by atoms with van der Waals surface area (Å²) in [6.45, 7) is 5.02. The molecule has 1 aliphatic carbocycles. The number of para-hydroxylation sites is 1. The number of methoxy groups -OCH3 is 1. The summed E-state index contributed by atoms with van der Waals surface area (Å²) in [6.07, 6.45) is 4.04. The fraction of sp³-hybridized carbons (Fsp3) is 0.348. The van der Waals surface area contributed by atoms with Gasteiger partial charge in [-0.2, -0.15) is 0 Å². The van der Waals surface area contributed by atoms with Gasteiger partial charge in [-0.05, 0) is 61.6 Å². The fourth-order valence-electron chi connectivity index (χ4n) is 4.77. The lowest BCUT2D eigenvalue weighted by atomic mass is 9.63. The van der Waals surface area contributed by atoms with Gasteiger partial charge in [0.15, 0.2) is 0 Å². The Bertz CT molecular complexity index is 909. The molecule has 4 rings (SSSR count). The third-order valence-corrected chi connectivity index (χ3v) is 6.41. The van der Waals surface area contributed by atoms with Gasteiger partial charge < -0.3 is 15.4 Å². The summed E-state index contributed by atoms with van der Waals surface area (Å²) in [4.78, 5) is 12.5. The van der Waals surface area contributed by atoms with Gasteiger partial charge in [0.2, 0.25) is 0 Å². The van der Waals surface area contributed by atoms with Gasteiger partial charge in [-0.25, -0.2) is 0 Å². The lowest BCUT2D eigenvalue weighted by Gasteiger charge is -2.42. The Morgan fingerprint density at radius 3 is 2.86 bits per heavy atom. The molecule has 1 saturated carbocycles. The number of rotatable bonds is 5. The van der Waals surface area contributed by atoms with Gasteiger partial charge in [0, 0.05) is 28.6 Å². The minimum atomic E-state index is -0.171. The lowest BCUT2D eigenvalue weighted by Crippen LogP contribution is -2.45. The van der Waals surface area contributed by atoms with Crippen molar-refractivity contribution in [1.82, 2.24) is 5.32 Å². The molecule has 4 nitrogen and oxygen atoms in total. The zero-order valence-electron chi connectivity index (χ0n) is 16.1. The number of ether oxygens (including phenoxy) is 1. The van der Waals surface area contributed by atoms with Gasteiger partial charge in [0.1, 0.15) is 5.75 Å². The topological polar surface area (TPSA) is 50.4 Å². The molecule has 146 valence electrons. The van der Waals surface area contributed by atoms with E-state index in [1.807, 2.05) is 12.1 Å². The van der Waals surface area contributed by atoms with Crippen LogP contribution in [0.2, 0.25) is 5.02 Å². The zero-order chi connectivity index (χ0) is 19.7. The Morgan fingerprint density at radius 1 is 1.32 bits per heavy atom. The Balaban J connectivity index is 1.57. The summed E-state index contributed by atoms with van der Waals surface area (Å²) >= 11 is 5.91. The predicted octanol–water partition coefficient (Wildman–Crippen LogP) is 4.94. The molecule has 0 radical (unpaired) electrons. The number of fused-ring (bicyclic) bond motifs is 3. The Labute approximate surface area is 170 Å². The molecule has 0 spiro atoms. The van der Waals surface area contributed by atoms with E-state index in [0.29, 0.717) is 17.1 Å². The monoisotopic (exact) mass is 396 g/mol. The highest BCUT2D eigenvalue weighted by Gasteiger charge is 2.50. The molecule has 0 saturated heterocycles. The van der Waals surface area contributed by atoms with Gasteiger partial charge in [-0.15, -0.1) is 0 Å². The number of halogens is 1. The van der Waals surface area contributed by atoms with Gasteiger partial charge in [-0.3, -0.25) is 4.79 Å². The van der Waals surface area contributed by atoms with Crippen LogP contribution in [0.4, 0.5) is 5.69 Å². The highest BCUT2D eigenvalue weighted by atomic mass is 35.5. The van der Waals surface area contributed by atoms with E-state index < -0.39 is 0 Å². The summed E-state index contributed by atoms with van der Waals surface area (Å²) in [5.74, 6) is 0.784. The van der Waals surface area contributed by atoms with Crippen molar-refractivity contribution in [1.29, 1.82) is 0 Å². The molecule has 1 amide bonds. The molecule has 0 bridgehead atoms. The standard InChI is InChI=1S/C23H25ClN2O2/c1-15-5-3-8-20-23(15,18-6-4-7-19(28-2)21(18)26-20)13-14-25-22(27)16-9-11-17(24)12-10-16/h4,6-7,9-12,20,26H,1,3,5,8,13-14H2,2H3,(H,25,27)/t20?,23-/m0/s1. The molecule has 0 aromatic heterocycles. The summed E-state index contributed by atoms with van der Waals surface area (Å²) in [7, 11) is 1.70. The van der Waals surface area contributed by atoms with Crippen molar-refractivity contribution >= 4 is 23.2 Å². The maximum Gasteiger partial charge on any atom is 0.251 e. The fourth-order valence-corrected chi connectivity index (χ4v) is 4.89. The molecule has 5 heteroatoms. The van der Waals surface area contributed by atoms with Gasteiger partial charge >= 0.3 is 0 Å². The van der Waals surface area contributed by atoms with E-state index in [2.05, 4.69) is 23.3 Å². The van der Waals surface area contributed by atoms with Crippen LogP contribution in [0.3, 0.4) is 0 Å². The zero-order valence-corrected chi connectivity index (χ0v) is 16.8. The summed E-state index contributed by atoms with van der Waals surface area (Å²) in [6, 6.07) is 13.4. The lowest BCUT2D eigenvalue weighted by molar-refractivity contribution is 0.0950. The molecule has 28 heavy (non-hydrogen) atoms. The number of nitrogens with one attached hydrogen (secondary N) is 2. The number of hydrogen-bond donors (Lipinski definition) is 2. The number of benzene rings is 2. The molecule has 2 aromatic carbocycles. The van der Waals surface area contributed by atoms with Crippen LogP contribution in [-0.4, -0.2) is 25.6 Å². The number of anilines is 1. The number of hydrogen-bond acceptors (Lipinski definition) is 3. The van der Waals surface area contributed by atoms with Crippen molar-refractivity contribution in [2.75, 3.05) is 19.0 Å². The smallest absolute Gasteiger partial charge is 0.251 e. The molecule has 2 aliphatic rings. The number of carbonyl (C=O) groups is 1. The summed E-state index contributed by atoms with van der Waals surface area (Å²) in [5, 5.41) is 7.39. The van der Waals surface area contributed by atoms with E-state index in [1.54, 1.807) is 31.4 Å². The largest absolute Gasteiger partial charge is 0.495 e. The predicted molar refractivity (Wildman–Crippen MR) is 113 cm³/mol. The molecule has 1 aliphatic heterocycles. The normalized spacial score (nSPS) is 22.8. The van der Waals surface area contributed by atoms with Crippen molar-refractivity contribution in [2.24, 2.45) is 0 Å². The second-order valence-corrected chi connectivity index (χ2v) is 8.00. The van der Waals surface area contributed by atoms with Gasteiger partial charge in [0.25, 0.3) is 5.91 Å². The van der Waals surface area contributed by atoms with E-state index in [9.17, 15) is 4.79 Å². The molecule has 1 unspecified atom stereocenters. The number of carbonyl (C=O) groups excluding carboxylic acids is 1. The molecular formula is C23H25ClN2O2. The molecular weight excluding hydrogens is 372 g/mol. The minimum Gasteiger partial charge on any atom is -0.495 e. The van der Waals surface area contributed by atoms with E-state index in [0.717, 1.165) is 37.1 Å². The SMILES string of the molecule is C=C1CCCC2Nc3c(OC)cccc3[C@]12CCNC(=O)c1ccc(Cl)cc1. The maximum atomic E-state index is 12.5. The van der Waals surface area contributed by atoms with Gasteiger partial charge in [-0.1, -0.05) is 35.9 Å². The van der Waals surface area contributed by atoms with Crippen LogP contribution < -0.4 is 15.4 Å². The first-order valence-electron chi connectivity index (χ1n) is 9.72. The van der Waals surface area contributed by atoms with Gasteiger partial charge in [0.05, 0.1) is 12.8 Å². The van der Waals surface area contributed by atoms with Crippen LogP contribution in [0.5, 0.6) is 5.75 Å². The molecule has 1 heterocycles. The Morgan fingerprint density at radius 2 is 2.11 bits per heavy atom. The van der Waals surface area contributed by atoms with Crippen LogP contribution in [0.25, 0.3) is 0 Å². The highest BCUT2D eigenvalue weighted by Crippen LogP contribution is 2.55. The molecule has 1 fully saturated rings. The average Bonchev–Trinajstić information content (AvgIpc) is 3.04. The van der Waals surface area contributed by atoms with E-state index in [1.165, 1.54) is 11.1 Å². The van der Waals surface area contributed by atoms with E-state index >= 15 is 0 Å². The Hall–Kier alpha value is -2.46. The van der Waals surface area contributed by atoms with Crippen LogP contribution in [0.15, 0.2) is 54.6 Å². The van der Waals surface area contributed by atoms with Crippen LogP contribution >= 0.6 is 11.6 Å². The van der Waals surface area contributed by atoms with Crippen molar-refractivity contribution in [3.05, 3.63) is 70.8 Å². The highest BCUT2D eigenvalue weighted by molar-refractivity contribution is 6.30. The first-order chi connectivity index (χ1) is 13.6. The van der Waals surface area contributed by atoms with Crippen LogP contribution in [0.1, 0.15) is 41.6 Å². The van der Waals surface area contributed by atoms with Crippen LogP contribution in [0, 0.1) is 0 Å². The van der Waals surface area contributed by atoms with E-state index in [-0.39, 0.29) is 17.4 Å². The summed E-state index contributed by atoms with van der Waals surface area (Å²) < 4.78 is 5.58. The quantitative estimate of drug-likeness (QED) is 0.704. The maximum absolute atomic E-state index is 12.5. The van der Waals surface area contributed by atoms with E-state index in [4.69, 9.17) is 16.3 Å². The average molecular weight is 397 g/mol. The minimum absolute atomic E-state index is 0.0807. The third kappa shape index (κ3) is 3.06. The number of amides is 1. The van der Waals surface area contributed by atoms with Crippen molar-refractivity contribution in [2.45, 2.75) is 37.1 Å². The second-order valence-electron chi connectivity index (χ2n) is 7.56. The molecule has 2 atom stereocenters. The third-order valence-electron chi connectivity index (χ3n) is 6.15. The second kappa shape index (κ2) is 7.51.